The van der Waals surface area contributed by atoms with Crippen molar-refractivity contribution in [3.63, 3.8) is 0 Å². The Balaban J connectivity index is 1.94. The van der Waals surface area contributed by atoms with E-state index in [1.54, 1.807) is 25.1 Å². The molecule has 0 saturated carbocycles. The van der Waals surface area contributed by atoms with Gasteiger partial charge >= 0.3 is 5.97 Å². The van der Waals surface area contributed by atoms with Gasteiger partial charge in [-0.25, -0.2) is 4.79 Å². The number of para-hydroxylation sites is 2. The van der Waals surface area contributed by atoms with Crippen LogP contribution in [0.2, 0.25) is 0 Å². The van der Waals surface area contributed by atoms with E-state index in [1.165, 1.54) is 0 Å². The molecule has 1 aliphatic rings. The van der Waals surface area contributed by atoms with E-state index in [2.05, 4.69) is 5.32 Å². The molecular formula is C18H17NO3. The van der Waals surface area contributed by atoms with Crippen LogP contribution in [0.4, 0.5) is 5.69 Å². The quantitative estimate of drug-likeness (QED) is 0.670. The van der Waals surface area contributed by atoms with Crippen molar-refractivity contribution in [2.45, 2.75) is 19.1 Å². The molecule has 2 N–H and O–H groups in total. The second-order valence-electron chi connectivity index (χ2n) is 5.27. The number of nitrogens with one attached hydrogen (secondary N) is 1. The third-order valence-corrected chi connectivity index (χ3v) is 3.68. The third kappa shape index (κ3) is 2.81. The average molecular weight is 295 g/mol. The van der Waals surface area contributed by atoms with Crippen LogP contribution in [0, 0.1) is 0 Å². The Hall–Kier alpha value is -2.75. The van der Waals surface area contributed by atoms with Crippen molar-refractivity contribution in [2.75, 3.05) is 5.32 Å². The third-order valence-electron chi connectivity index (χ3n) is 3.68. The van der Waals surface area contributed by atoms with Crippen LogP contribution in [0.15, 0.2) is 66.2 Å². The highest BCUT2D eigenvalue weighted by molar-refractivity contribution is 5.90. The summed E-state index contributed by atoms with van der Waals surface area (Å²) in [4.78, 5) is 11.7. The number of carbonyl (C=O) groups is 1. The first-order valence-electron chi connectivity index (χ1n) is 7.14. The van der Waals surface area contributed by atoms with E-state index < -0.39 is 6.10 Å². The van der Waals surface area contributed by atoms with Crippen molar-refractivity contribution in [1.82, 2.24) is 0 Å². The monoisotopic (exact) mass is 295 g/mol. The molecule has 2 aromatic rings. The van der Waals surface area contributed by atoms with Gasteiger partial charge in [0, 0.05) is 5.57 Å². The number of hydrogen-bond acceptors (Lipinski definition) is 4. The van der Waals surface area contributed by atoms with Gasteiger partial charge in [-0.05, 0) is 30.7 Å². The lowest BCUT2D eigenvalue weighted by Gasteiger charge is -2.25. The maximum Gasteiger partial charge on any atom is 0.334 e. The highest BCUT2D eigenvalue weighted by atomic mass is 16.5. The number of carbonyl (C=O) groups excluding carboxylic acids is 1. The molecule has 0 aliphatic carbocycles. The maximum atomic E-state index is 11.7. The molecule has 0 fully saturated rings. The molecule has 22 heavy (non-hydrogen) atoms. The van der Waals surface area contributed by atoms with E-state index in [-0.39, 0.29) is 17.8 Å². The number of ether oxygens (including phenoxy) is 1. The molecule has 0 radical (unpaired) electrons. The number of hydrogen-bond donors (Lipinski definition) is 2. The fourth-order valence-electron chi connectivity index (χ4n) is 2.51. The number of anilines is 1. The summed E-state index contributed by atoms with van der Waals surface area (Å²) in [5, 5.41) is 13.2. The van der Waals surface area contributed by atoms with Gasteiger partial charge in [-0.3, -0.25) is 0 Å². The lowest BCUT2D eigenvalue weighted by Crippen LogP contribution is -2.25. The lowest BCUT2D eigenvalue weighted by atomic mass is 10.00. The zero-order valence-corrected chi connectivity index (χ0v) is 12.2. The molecule has 4 heteroatoms. The predicted molar refractivity (Wildman–Crippen MR) is 84.5 cm³/mol. The largest absolute Gasteiger partial charge is 0.506 e. The molecule has 0 bridgehead atoms. The fraction of sp³-hybridized carbons (Fsp3) is 0.167. The minimum Gasteiger partial charge on any atom is -0.506 e. The zero-order chi connectivity index (χ0) is 15.5. The van der Waals surface area contributed by atoms with Crippen molar-refractivity contribution in [1.29, 1.82) is 0 Å². The van der Waals surface area contributed by atoms with Crippen molar-refractivity contribution >= 4 is 11.7 Å². The molecule has 3 rings (SSSR count). The van der Waals surface area contributed by atoms with Crippen LogP contribution in [-0.2, 0) is 9.53 Å². The lowest BCUT2D eigenvalue weighted by molar-refractivity contribution is -0.140. The Kier molecular flexibility index (Phi) is 3.83. The first kappa shape index (κ1) is 14.2. The summed E-state index contributed by atoms with van der Waals surface area (Å²) in [6.07, 6.45) is 1.40. The molecule has 0 unspecified atom stereocenters. The van der Waals surface area contributed by atoms with Crippen molar-refractivity contribution in [3.8, 4) is 5.75 Å². The zero-order valence-electron chi connectivity index (χ0n) is 12.2. The summed E-state index contributed by atoms with van der Waals surface area (Å²) in [6.45, 7) is 1.74. The van der Waals surface area contributed by atoms with Crippen LogP contribution < -0.4 is 5.32 Å². The summed E-state index contributed by atoms with van der Waals surface area (Å²) in [5.41, 5.74) is 2.19. The van der Waals surface area contributed by atoms with Crippen molar-refractivity contribution < 1.29 is 14.6 Å². The van der Waals surface area contributed by atoms with E-state index in [0.717, 1.165) is 5.56 Å². The van der Waals surface area contributed by atoms with Crippen molar-refractivity contribution in [2.24, 2.45) is 0 Å². The van der Waals surface area contributed by atoms with Crippen LogP contribution in [0.3, 0.4) is 0 Å². The van der Waals surface area contributed by atoms with Crippen LogP contribution in [0.25, 0.3) is 0 Å². The van der Waals surface area contributed by atoms with Gasteiger partial charge in [0.25, 0.3) is 0 Å². The maximum absolute atomic E-state index is 11.7. The minimum atomic E-state index is -0.408. The van der Waals surface area contributed by atoms with E-state index in [1.807, 2.05) is 42.5 Å². The Morgan fingerprint density at radius 3 is 2.41 bits per heavy atom. The number of phenols is 1. The molecule has 0 saturated heterocycles. The highest BCUT2D eigenvalue weighted by Crippen LogP contribution is 2.32. The summed E-state index contributed by atoms with van der Waals surface area (Å²) in [6, 6.07) is 16.5. The first-order valence-corrected chi connectivity index (χ1v) is 7.14. The Morgan fingerprint density at radius 1 is 1.09 bits per heavy atom. The van der Waals surface area contributed by atoms with Crippen LogP contribution >= 0.6 is 0 Å². The second kappa shape index (κ2) is 5.93. The Bertz CT molecular complexity index is 709. The second-order valence-corrected chi connectivity index (χ2v) is 5.27. The highest BCUT2D eigenvalue weighted by Gasteiger charge is 2.31. The van der Waals surface area contributed by atoms with E-state index in [4.69, 9.17) is 4.74 Å². The molecule has 2 aromatic carbocycles. The topological polar surface area (TPSA) is 58.6 Å². The van der Waals surface area contributed by atoms with Crippen LogP contribution in [-0.4, -0.2) is 17.2 Å². The molecule has 2 atom stereocenters. The first-order chi connectivity index (χ1) is 10.6. The van der Waals surface area contributed by atoms with Crippen LogP contribution in [0.1, 0.15) is 18.5 Å². The predicted octanol–water partition coefficient (Wildman–Crippen LogP) is 3.42. The number of esters is 1. The normalized spacial score (nSPS) is 18.5. The van der Waals surface area contributed by atoms with E-state index in [0.29, 0.717) is 11.3 Å². The molecule has 1 heterocycles. The Morgan fingerprint density at radius 2 is 1.77 bits per heavy atom. The molecular weight excluding hydrogens is 278 g/mol. The van der Waals surface area contributed by atoms with Gasteiger partial charge < -0.3 is 15.2 Å². The smallest absolute Gasteiger partial charge is 0.334 e. The van der Waals surface area contributed by atoms with Crippen molar-refractivity contribution in [3.05, 3.63) is 71.8 Å². The molecule has 1 aliphatic heterocycles. The molecule has 4 nitrogen and oxygen atoms in total. The van der Waals surface area contributed by atoms with Gasteiger partial charge in [-0.2, -0.15) is 0 Å². The number of rotatable bonds is 4. The summed E-state index contributed by atoms with van der Waals surface area (Å²) in [5.74, 6) is -0.140. The van der Waals surface area contributed by atoms with E-state index in [9.17, 15) is 9.90 Å². The van der Waals surface area contributed by atoms with Crippen LogP contribution in [0.5, 0.6) is 5.75 Å². The van der Waals surface area contributed by atoms with Gasteiger partial charge in [-0.15, -0.1) is 0 Å². The van der Waals surface area contributed by atoms with Gasteiger partial charge in [-0.1, -0.05) is 42.5 Å². The summed E-state index contributed by atoms with van der Waals surface area (Å²) < 4.78 is 5.43. The summed E-state index contributed by atoms with van der Waals surface area (Å²) >= 11 is 0. The standard InChI is InChI=1S/C18H17NO3/c1-12-11-16(22-18(12)21)17(13-7-3-2-4-8-13)19-14-9-5-6-10-15(14)20/h2-11,16-17,19-20H,1H3/t16-,17-/m0/s1. The number of cyclic esters (lactones) is 1. The number of benzene rings is 2. The number of aromatic hydroxyl groups is 1. The average Bonchev–Trinajstić information content (AvgIpc) is 2.86. The van der Waals surface area contributed by atoms with Gasteiger partial charge in [0.1, 0.15) is 11.9 Å². The molecule has 112 valence electrons. The SMILES string of the molecule is CC1=C[C@@H]([C@@H](Nc2ccccc2O)c2ccccc2)OC1=O. The Labute approximate surface area is 129 Å². The van der Waals surface area contributed by atoms with Gasteiger partial charge in [0.15, 0.2) is 0 Å². The van der Waals surface area contributed by atoms with Gasteiger partial charge in [0.2, 0.25) is 0 Å². The van der Waals surface area contributed by atoms with Gasteiger partial charge in [0.05, 0.1) is 11.7 Å². The van der Waals surface area contributed by atoms with E-state index >= 15 is 0 Å². The molecule has 0 amide bonds. The molecule has 0 spiro atoms. The number of phenolic OH excluding ortho intramolecular Hbond substituents is 1. The fourth-order valence-corrected chi connectivity index (χ4v) is 2.51. The summed E-state index contributed by atoms with van der Waals surface area (Å²) in [7, 11) is 0. The molecule has 0 aromatic heterocycles. The minimum absolute atomic E-state index is 0.161.